The Kier molecular flexibility index (Phi) is 8.55. The van der Waals surface area contributed by atoms with Gasteiger partial charge >= 0.3 is 0 Å². The minimum Gasteiger partial charge on any atom is -0.382 e. The second-order valence-electron chi connectivity index (χ2n) is 8.37. The highest BCUT2D eigenvalue weighted by Crippen LogP contribution is 2.38. The summed E-state index contributed by atoms with van der Waals surface area (Å²) in [5.41, 5.74) is 2.45. The topological polar surface area (TPSA) is 49.9 Å². The average Bonchev–Trinajstić information content (AvgIpc) is 3.35. The second kappa shape index (κ2) is 11.8. The van der Waals surface area contributed by atoms with Gasteiger partial charge in [0.15, 0.2) is 0 Å². The van der Waals surface area contributed by atoms with Crippen LogP contribution in [0.2, 0.25) is 5.02 Å². The fourth-order valence-electron chi connectivity index (χ4n) is 4.37. The number of amides is 2. The summed E-state index contributed by atoms with van der Waals surface area (Å²) in [5.74, 6) is -0.842. The van der Waals surface area contributed by atoms with Crippen LogP contribution < -0.4 is 0 Å². The van der Waals surface area contributed by atoms with Gasteiger partial charge in [-0.3, -0.25) is 9.59 Å². The van der Waals surface area contributed by atoms with Gasteiger partial charge in [-0.1, -0.05) is 23.7 Å². The molecule has 0 bridgehead atoms. The monoisotopic (exact) mass is 514 g/mol. The van der Waals surface area contributed by atoms with Crippen LogP contribution in [0.5, 0.6) is 0 Å². The number of hydrogen-bond acceptors (Lipinski definition) is 4. The first-order chi connectivity index (χ1) is 17.0. The van der Waals surface area contributed by atoms with Gasteiger partial charge in [0.1, 0.15) is 12.4 Å². The Bertz CT molecular complexity index is 1150. The molecule has 0 radical (unpaired) electrons. The van der Waals surface area contributed by atoms with E-state index in [9.17, 15) is 14.0 Å². The molecule has 0 spiro atoms. The molecule has 0 aliphatic carbocycles. The molecule has 3 aromatic rings. The van der Waals surface area contributed by atoms with Crippen LogP contribution in [-0.4, -0.2) is 54.5 Å². The van der Waals surface area contributed by atoms with Crippen LogP contribution in [-0.2, 0) is 16.0 Å². The Morgan fingerprint density at radius 3 is 2.60 bits per heavy atom. The second-order valence-corrected chi connectivity index (χ2v) is 9.81. The van der Waals surface area contributed by atoms with Gasteiger partial charge in [0.25, 0.3) is 5.91 Å². The van der Waals surface area contributed by atoms with Crippen molar-refractivity contribution in [1.82, 2.24) is 9.80 Å². The molecule has 0 saturated heterocycles. The molecule has 1 unspecified atom stereocenters. The van der Waals surface area contributed by atoms with E-state index in [1.807, 2.05) is 36.1 Å². The average molecular weight is 515 g/mol. The van der Waals surface area contributed by atoms with Gasteiger partial charge < -0.3 is 14.5 Å². The van der Waals surface area contributed by atoms with E-state index in [1.165, 1.54) is 34.0 Å². The van der Waals surface area contributed by atoms with Crippen molar-refractivity contribution in [1.29, 1.82) is 0 Å². The quantitative estimate of drug-likeness (QED) is 0.350. The molecule has 2 aromatic carbocycles. The predicted octanol–water partition coefficient (Wildman–Crippen LogP) is 5.58. The molecule has 4 rings (SSSR count). The Morgan fingerprint density at radius 2 is 1.89 bits per heavy atom. The third-order valence-corrected chi connectivity index (χ3v) is 7.35. The maximum atomic E-state index is 13.7. The zero-order chi connectivity index (χ0) is 24.8. The SMILES string of the molecule is CCOCCCN(CC(=O)N1CCc2sccc2C1c1ccc(Cl)cc1)C(=O)c1ccc(F)cc1. The third-order valence-electron chi connectivity index (χ3n) is 6.10. The van der Waals surface area contributed by atoms with Gasteiger partial charge in [0.2, 0.25) is 5.91 Å². The smallest absolute Gasteiger partial charge is 0.254 e. The summed E-state index contributed by atoms with van der Waals surface area (Å²) in [7, 11) is 0. The minimum absolute atomic E-state index is 0.0636. The van der Waals surface area contributed by atoms with Crippen LogP contribution in [0.4, 0.5) is 4.39 Å². The third kappa shape index (κ3) is 6.10. The molecular weight excluding hydrogens is 487 g/mol. The molecule has 1 atom stereocenters. The highest BCUT2D eigenvalue weighted by atomic mass is 35.5. The van der Waals surface area contributed by atoms with E-state index in [2.05, 4.69) is 11.4 Å². The van der Waals surface area contributed by atoms with Crippen molar-refractivity contribution in [2.45, 2.75) is 25.8 Å². The fraction of sp³-hybridized carbons (Fsp3) is 0.333. The van der Waals surface area contributed by atoms with Crippen LogP contribution in [0.1, 0.15) is 45.7 Å². The largest absolute Gasteiger partial charge is 0.382 e. The summed E-state index contributed by atoms with van der Waals surface area (Å²) < 4.78 is 18.8. The lowest BCUT2D eigenvalue weighted by atomic mass is 9.93. The minimum atomic E-state index is -0.411. The first-order valence-corrected chi connectivity index (χ1v) is 13.0. The van der Waals surface area contributed by atoms with Crippen LogP contribution in [0.15, 0.2) is 60.0 Å². The van der Waals surface area contributed by atoms with Crippen molar-refractivity contribution in [2.24, 2.45) is 0 Å². The summed E-state index contributed by atoms with van der Waals surface area (Å²) in [6, 6.07) is 14.8. The van der Waals surface area contributed by atoms with E-state index in [0.29, 0.717) is 43.3 Å². The maximum Gasteiger partial charge on any atom is 0.254 e. The molecule has 1 aliphatic heterocycles. The van der Waals surface area contributed by atoms with Crippen molar-refractivity contribution >= 4 is 34.8 Å². The predicted molar refractivity (Wildman–Crippen MR) is 136 cm³/mol. The highest BCUT2D eigenvalue weighted by Gasteiger charge is 2.34. The van der Waals surface area contributed by atoms with Crippen LogP contribution in [0.3, 0.4) is 0 Å². The molecule has 5 nitrogen and oxygen atoms in total. The molecule has 2 amide bonds. The number of nitrogens with zero attached hydrogens (tertiary/aromatic N) is 2. The molecular formula is C27H28ClFN2O3S. The van der Waals surface area contributed by atoms with Crippen LogP contribution in [0, 0.1) is 5.82 Å². The molecule has 1 aliphatic rings. The van der Waals surface area contributed by atoms with Crippen molar-refractivity contribution in [3.63, 3.8) is 0 Å². The van der Waals surface area contributed by atoms with Gasteiger partial charge in [-0.15, -0.1) is 11.3 Å². The number of halogens is 2. The number of carbonyl (C=O) groups is 2. The Balaban J connectivity index is 1.57. The van der Waals surface area contributed by atoms with Crippen molar-refractivity contribution in [3.05, 3.63) is 92.4 Å². The lowest BCUT2D eigenvalue weighted by molar-refractivity contribution is -0.134. The molecule has 0 saturated carbocycles. The van der Waals surface area contributed by atoms with E-state index in [-0.39, 0.29) is 24.4 Å². The molecule has 1 aromatic heterocycles. The molecule has 8 heteroatoms. The summed E-state index contributed by atoms with van der Waals surface area (Å²) in [5, 5.41) is 2.69. The van der Waals surface area contributed by atoms with Gasteiger partial charge in [0.05, 0.1) is 6.04 Å². The molecule has 184 valence electrons. The highest BCUT2D eigenvalue weighted by molar-refractivity contribution is 7.10. The Hall–Kier alpha value is -2.74. The van der Waals surface area contributed by atoms with Gasteiger partial charge in [-0.2, -0.15) is 0 Å². The van der Waals surface area contributed by atoms with E-state index in [1.54, 1.807) is 11.3 Å². The number of fused-ring (bicyclic) bond motifs is 1. The number of ether oxygens (including phenoxy) is 1. The number of thiophene rings is 1. The molecule has 0 fully saturated rings. The van der Waals surface area contributed by atoms with Gasteiger partial charge in [0, 0.05) is 41.8 Å². The van der Waals surface area contributed by atoms with Crippen molar-refractivity contribution in [3.8, 4) is 0 Å². The first kappa shape index (κ1) is 25.4. The van der Waals surface area contributed by atoms with Gasteiger partial charge in [-0.05, 0) is 78.7 Å². The number of rotatable bonds is 9. The molecule has 2 heterocycles. The van der Waals surface area contributed by atoms with Crippen molar-refractivity contribution < 1.29 is 18.7 Å². The molecule has 0 N–H and O–H groups in total. The number of hydrogen-bond donors (Lipinski definition) is 0. The summed E-state index contributed by atoms with van der Waals surface area (Å²) >= 11 is 7.82. The van der Waals surface area contributed by atoms with Crippen molar-refractivity contribution in [2.75, 3.05) is 32.8 Å². The summed E-state index contributed by atoms with van der Waals surface area (Å²) in [6.07, 6.45) is 1.38. The normalized spacial score (nSPS) is 15.1. The van der Waals surface area contributed by atoms with E-state index in [0.717, 1.165) is 17.5 Å². The maximum absolute atomic E-state index is 13.7. The number of benzene rings is 2. The van der Waals surface area contributed by atoms with Crippen LogP contribution >= 0.6 is 22.9 Å². The zero-order valence-electron chi connectivity index (χ0n) is 19.6. The summed E-state index contributed by atoms with van der Waals surface area (Å²) in [4.78, 5) is 31.6. The standard InChI is InChI=1S/C27H28ClFN2O3S/c1-2-34-16-3-14-30(27(33)20-6-10-22(29)11-7-20)18-25(32)31-15-12-24-23(13-17-35-24)26(31)19-4-8-21(28)9-5-19/h4-11,13,17,26H,2-3,12,14-16,18H2,1H3. The van der Waals surface area contributed by atoms with E-state index < -0.39 is 5.82 Å². The van der Waals surface area contributed by atoms with Crippen LogP contribution in [0.25, 0.3) is 0 Å². The Labute approximate surface area is 214 Å². The molecule has 35 heavy (non-hydrogen) atoms. The Morgan fingerprint density at radius 1 is 1.14 bits per heavy atom. The lowest BCUT2D eigenvalue weighted by Gasteiger charge is -2.37. The van der Waals surface area contributed by atoms with E-state index in [4.69, 9.17) is 16.3 Å². The van der Waals surface area contributed by atoms with E-state index >= 15 is 0 Å². The van der Waals surface area contributed by atoms with Gasteiger partial charge in [-0.25, -0.2) is 4.39 Å². The number of carbonyl (C=O) groups excluding carboxylic acids is 2. The zero-order valence-corrected chi connectivity index (χ0v) is 21.2. The summed E-state index contributed by atoms with van der Waals surface area (Å²) in [6.45, 7) is 3.86. The fourth-order valence-corrected chi connectivity index (χ4v) is 5.40. The lowest BCUT2D eigenvalue weighted by Crippen LogP contribution is -2.47. The first-order valence-electron chi connectivity index (χ1n) is 11.7.